The number of nitrogens with one attached hydrogen (secondary N) is 1. The van der Waals surface area contributed by atoms with Crippen molar-refractivity contribution in [3.05, 3.63) is 59.9 Å². The average Bonchev–Trinajstić information content (AvgIpc) is 2.56. The van der Waals surface area contributed by atoms with Crippen LogP contribution in [0.15, 0.2) is 48.5 Å². The van der Waals surface area contributed by atoms with Gasteiger partial charge in [-0.25, -0.2) is 9.18 Å². The molecule has 0 aromatic heterocycles. The first-order chi connectivity index (χ1) is 11.5. The van der Waals surface area contributed by atoms with E-state index in [2.05, 4.69) is 5.32 Å². The van der Waals surface area contributed by atoms with E-state index in [1.54, 1.807) is 24.3 Å². The van der Waals surface area contributed by atoms with Gasteiger partial charge in [0.25, 0.3) is 0 Å². The van der Waals surface area contributed by atoms with Gasteiger partial charge in [0.2, 0.25) is 0 Å². The van der Waals surface area contributed by atoms with E-state index in [0.717, 1.165) is 5.56 Å². The fraction of sp³-hybridized carbons (Fsp3) is 0.278. The van der Waals surface area contributed by atoms with Crippen molar-refractivity contribution in [3.8, 4) is 11.5 Å². The number of halogens is 1. The maximum atomic E-state index is 12.8. The monoisotopic (exact) mass is 333 g/mol. The van der Waals surface area contributed by atoms with Crippen molar-refractivity contribution in [1.82, 2.24) is 5.32 Å². The van der Waals surface area contributed by atoms with Crippen molar-refractivity contribution in [2.45, 2.75) is 19.6 Å². The molecule has 2 N–H and O–H groups in total. The van der Waals surface area contributed by atoms with Crippen LogP contribution in [0.5, 0.6) is 11.5 Å². The molecule has 128 valence electrons. The van der Waals surface area contributed by atoms with E-state index in [4.69, 9.17) is 14.6 Å². The highest BCUT2D eigenvalue weighted by atomic mass is 19.1. The van der Waals surface area contributed by atoms with Crippen LogP contribution >= 0.6 is 0 Å². The van der Waals surface area contributed by atoms with Crippen molar-refractivity contribution in [2.75, 3.05) is 13.2 Å². The summed E-state index contributed by atoms with van der Waals surface area (Å²) in [7, 11) is 0. The Morgan fingerprint density at radius 2 is 1.96 bits per heavy atom. The second kappa shape index (κ2) is 8.88. The second-order valence-corrected chi connectivity index (χ2v) is 5.22. The Hall–Kier alpha value is -2.60. The molecule has 0 saturated heterocycles. The highest BCUT2D eigenvalue weighted by Crippen LogP contribution is 2.15. The molecule has 0 heterocycles. The minimum atomic E-state index is -1.00. The van der Waals surface area contributed by atoms with Gasteiger partial charge in [-0.2, -0.15) is 0 Å². The lowest BCUT2D eigenvalue weighted by Gasteiger charge is -2.12. The minimum Gasteiger partial charge on any atom is -0.492 e. The molecular formula is C18H20FNO4. The Kier molecular flexibility index (Phi) is 6.57. The highest BCUT2D eigenvalue weighted by molar-refractivity contribution is 5.72. The molecule has 0 aliphatic carbocycles. The van der Waals surface area contributed by atoms with E-state index < -0.39 is 12.1 Å². The summed E-state index contributed by atoms with van der Waals surface area (Å²) in [6, 6.07) is 13.1. The third-order valence-corrected chi connectivity index (χ3v) is 3.25. The Morgan fingerprint density at radius 3 is 2.67 bits per heavy atom. The molecule has 1 atom stereocenters. The van der Waals surface area contributed by atoms with Crippen molar-refractivity contribution in [2.24, 2.45) is 0 Å². The largest absolute Gasteiger partial charge is 0.492 e. The summed E-state index contributed by atoms with van der Waals surface area (Å²) in [6.45, 7) is 3.16. The molecular weight excluding hydrogens is 313 g/mol. The SMILES string of the molecule is CC(Oc1cccc(CNCCOc2ccc(F)cc2)c1)C(=O)O. The quantitative estimate of drug-likeness (QED) is 0.691. The maximum Gasteiger partial charge on any atom is 0.344 e. The molecule has 0 spiro atoms. The van der Waals surface area contributed by atoms with Gasteiger partial charge in [0.05, 0.1) is 0 Å². The molecule has 2 rings (SSSR count). The fourth-order valence-electron chi connectivity index (χ4n) is 1.99. The molecule has 0 saturated carbocycles. The number of benzene rings is 2. The molecule has 1 unspecified atom stereocenters. The second-order valence-electron chi connectivity index (χ2n) is 5.22. The van der Waals surface area contributed by atoms with Gasteiger partial charge in [0.1, 0.15) is 23.9 Å². The number of rotatable bonds is 9. The van der Waals surface area contributed by atoms with E-state index in [1.807, 2.05) is 12.1 Å². The lowest BCUT2D eigenvalue weighted by atomic mass is 10.2. The van der Waals surface area contributed by atoms with Crippen LogP contribution in [0.2, 0.25) is 0 Å². The Morgan fingerprint density at radius 1 is 1.21 bits per heavy atom. The van der Waals surface area contributed by atoms with E-state index in [-0.39, 0.29) is 5.82 Å². The van der Waals surface area contributed by atoms with Crippen LogP contribution in [0.1, 0.15) is 12.5 Å². The number of carboxylic acids is 1. The molecule has 2 aromatic carbocycles. The lowest BCUT2D eigenvalue weighted by molar-refractivity contribution is -0.144. The molecule has 5 nitrogen and oxygen atoms in total. The van der Waals surface area contributed by atoms with E-state index in [9.17, 15) is 9.18 Å². The molecule has 0 amide bonds. The predicted octanol–water partition coefficient (Wildman–Crippen LogP) is 2.85. The summed E-state index contributed by atoms with van der Waals surface area (Å²) in [4.78, 5) is 10.8. The Balaban J connectivity index is 1.72. The molecule has 0 bridgehead atoms. The number of aliphatic carboxylic acids is 1. The minimum absolute atomic E-state index is 0.292. The van der Waals surface area contributed by atoms with E-state index in [1.165, 1.54) is 19.1 Å². The van der Waals surface area contributed by atoms with Crippen LogP contribution in [0.3, 0.4) is 0 Å². The summed E-state index contributed by atoms with van der Waals surface area (Å²) < 4.78 is 23.6. The van der Waals surface area contributed by atoms with Crippen molar-refractivity contribution in [3.63, 3.8) is 0 Å². The lowest BCUT2D eigenvalue weighted by Crippen LogP contribution is -2.23. The summed E-state index contributed by atoms with van der Waals surface area (Å²) in [5, 5.41) is 12.1. The van der Waals surface area contributed by atoms with Gasteiger partial charge in [-0.3, -0.25) is 0 Å². The van der Waals surface area contributed by atoms with Crippen LogP contribution in [-0.2, 0) is 11.3 Å². The molecule has 6 heteroatoms. The zero-order valence-corrected chi connectivity index (χ0v) is 13.4. The summed E-state index contributed by atoms with van der Waals surface area (Å²) in [6.07, 6.45) is -0.891. The first-order valence-corrected chi connectivity index (χ1v) is 7.62. The van der Waals surface area contributed by atoms with E-state index in [0.29, 0.717) is 31.2 Å². The van der Waals surface area contributed by atoms with Gasteiger partial charge < -0.3 is 19.9 Å². The van der Waals surface area contributed by atoms with Gasteiger partial charge in [-0.1, -0.05) is 12.1 Å². The van der Waals surface area contributed by atoms with Crippen LogP contribution < -0.4 is 14.8 Å². The number of hydrogen-bond acceptors (Lipinski definition) is 4. The van der Waals surface area contributed by atoms with Crippen LogP contribution in [0.4, 0.5) is 4.39 Å². The Bertz CT molecular complexity index is 660. The zero-order valence-electron chi connectivity index (χ0n) is 13.4. The van der Waals surface area contributed by atoms with Crippen LogP contribution in [0.25, 0.3) is 0 Å². The normalized spacial score (nSPS) is 11.8. The zero-order chi connectivity index (χ0) is 17.4. The fourth-order valence-corrected chi connectivity index (χ4v) is 1.99. The third-order valence-electron chi connectivity index (χ3n) is 3.25. The van der Waals surface area contributed by atoms with Crippen LogP contribution in [0, 0.1) is 5.82 Å². The molecule has 0 aliphatic rings. The van der Waals surface area contributed by atoms with E-state index >= 15 is 0 Å². The summed E-state index contributed by atoms with van der Waals surface area (Å²) in [5.41, 5.74) is 0.979. The predicted molar refractivity (Wildman–Crippen MR) is 87.8 cm³/mol. The molecule has 0 radical (unpaired) electrons. The van der Waals surface area contributed by atoms with Crippen molar-refractivity contribution < 1.29 is 23.8 Å². The number of carbonyl (C=O) groups is 1. The third kappa shape index (κ3) is 5.89. The van der Waals surface area contributed by atoms with Gasteiger partial charge in [0, 0.05) is 13.1 Å². The first-order valence-electron chi connectivity index (χ1n) is 7.62. The smallest absolute Gasteiger partial charge is 0.344 e. The summed E-state index contributed by atoms with van der Waals surface area (Å²) in [5.74, 6) is -0.153. The number of ether oxygens (including phenoxy) is 2. The van der Waals surface area contributed by atoms with Gasteiger partial charge in [-0.15, -0.1) is 0 Å². The molecule has 0 fully saturated rings. The van der Waals surface area contributed by atoms with Crippen molar-refractivity contribution in [1.29, 1.82) is 0 Å². The van der Waals surface area contributed by atoms with Crippen LogP contribution in [-0.4, -0.2) is 30.3 Å². The Labute approximate surface area is 140 Å². The molecule has 2 aromatic rings. The molecule has 0 aliphatic heterocycles. The van der Waals surface area contributed by atoms with Crippen molar-refractivity contribution >= 4 is 5.97 Å². The molecule has 24 heavy (non-hydrogen) atoms. The average molecular weight is 333 g/mol. The number of carboxylic acid groups (broad SMARTS) is 1. The maximum absolute atomic E-state index is 12.8. The van der Waals surface area contributed by atoms with Gasteiger partial charge in [-0.05, 0) is 48.9 Å². The van der Waals surface area contributed by atoms with Gasteiger partial charge in [0.15, 0.2) is 6.10 Å². The first kappa shape index (κ1) is 17.7. The highest BCUT2D eigenvalue weighted by Gasteiger charge is 2.12. The summed E-state index contributed by atoms with van der Waals surface area (Å²) >= 11 is 0. The topological polar surface area (TPSA) is 67.8 Å². The number of hydrogen-bond donors (Lipinski definition) is 2. The van der Waals surface area contributed by atoms with Gasteiger partial charge >= 0.3 is 5.97 Å². The standard InChI is InChI=1S/C18H20FNO4/c1-13(18(21)22)24-17-4-2-3-14(11-17)12-20-9-10-23-16-7-5-15(19)6-8-16/h2-8,11,13,20H,9-10,12H2,1H3,(H,21,22).